The van der Waals surface area contributed by atoms with E-state index >= 15 is 0 Å². The first-order valence-corrected chi connectivity index (χ1v) is 6.42. The van der Waals surface area contributed by atoms with Crippen molar-refractivity contribution in [1.82, 2.24) is 0 Å². The molecule has 2 aliphatic rings. The number of nitrogens with one attached hydrogen (secondary N) is 1. The molecular formula is C14H16ClNO. The van der Waals surface area contributed by atoms with Crippen LogP contribution >= 0.6 is 11.6 Å². The Hall–Kier alpha value is -1.15. The van der Waals surface area contributed by atoms with Crippen molar-refractivity contribution >= 4 is 17.3 Å². The number of hydrogen-bond donors (Lipinski definition) is 1. The second-order valence-corrected chi connectivity index (χ2v) is 5.24. The lowest BCUT2D eigenvalue weighted by Crippen LogP contribution is -2.43. The van der Waals surface area contributed by atoms with Crippen LogP contribution in [0, 0.1) is 11.8 Å². The first-order valence-electron chi connectivity index (χ1n) is 6.04. The maximum atomic E-state index is 6.11. The highest BCUT2D eigenvalue weighted by Gasteiger charge is 2.40. The Bertz CT molecular complexity index is 458. The van der Waals surface area contributed by atoms with Gasteiger partial charge in [-0.3, -0.25) is 0 Å². The van der Waals surface area contributed by atoms with Gasteiger partial charge in [0, 0.05) is 17.6 Å². The molecular weight excluding hydrogens is 234 g/mol. The number of halogens is 1. The molecule has 0 aromatic heterocycles. The van der Waals surface area contributed by atoms with Crippen LogP contribution in [0.15, 0.2) is 30.4 Å². The molecule has 0 heterocycles. The monoisotopic (exact) mass is 249 g/mol. The highest BCUT2D eigenvalue weighted by atomic mass is 35.5. The average Bonchev–Trinajstić information content (AvgIpc) is 2.68. The SMILES string of the molecule is COc1ccc(NC2CC3CC=CC32)cc1Cl. The van der Waals surface area contributed by atoms with E-state index in [1.54, 1.807) is 7.11 Å². The Morgan fingerprint density at radius 2 is 2.29 bits per heavy atom. The number of allylic oxidation sites excluding steroid dienone is 1. The van der Waals surface area contributed by atoms with Crippen molar-refractivity contribution < 1.29 is 4.74 Å². The number of benzene rings is 1. The summed E-state index contributed by atoms with van der Waals surface area (Å²) in [7, 11) is 1.63. The second-order valence-electron chi connectivity index (χ2n) is 4.84. The Labute approximate surface area is 107 Å². The molecule has 1 fully saturated rings. The van der Waals surface area contributed by atoms with Crippen molar-refractivity contribution in [2.45, 2.75) is 18.9 Å². The van der Waals surface area contributed by atoms with Gasteiger partial charge in [0.15, 0.2) is 0 Å². The fourth-order valence-electron chi connectivity index (χ4n) is 2.85. The van der Waals surface area contributed by atoms with Crippen molar-refractivity contribution in [3.05, 3.63) is 35.4 Å². The number of fused-ring (bicyclic) bond motifs is 1. The van der Waals surface area contributed by atoms with Crippen molar-refractivity contribution in [3.8, 4) is 5.75 Å². The zero-order chi connectivity index (χ0) is 11.8. The van der Waals surface area contributed by atoms with Gasteiger partial charge >= 0.3 is 0 Å². The largest absolute Gasteiger partial charge is 0.495 e. The molecule has 17 heavy (non-hydrogen) atoms. The average molecular weight is 250 g/mol. The molecule has 0 aliphatic heterocycles. The van der Waals surface area contributed by atoms with E-state index in [9.17, 15) is 0 Å². The Morgan fingerprint density at radius 1 is 1.41 bits per heavy atom. The summed E-state index contributed by atoms with van der Waals surface area (Å²) in [5.41, 5.74) is 1.08. The van der Waals surface area contributed by atoms with Gasteiger partial charge in [-0.1, -0.05) is 23.8 Å². The topological polar surface area (TPSA) is 21.3 Å². The van der Waals surface area contributed by atoms with Gasteiger partial charge in [0.25, 0.3) is 0 Å². The van der Waals surface area contributed by atoms with Crippen molar-refractivity contribution in [2.75, 3.05) is 12.4 Å². The molecule has 0 saturated heterocycles. The molecule has 2 aliphatic carbocycles. The number of ether oxygens (including phenoxy) is 1. The highest BCUT2D eigenvalue weighted by molar-refractivity contribution is 6.32. The molecule has 2 nitrogen and oxygen atoms in total. The van der Waals surface area contributed by atoms with Crippen LogP contribution in [0.1, 0.15) is 12.8 Å². The third kappa shape index (κ3) is 1.91. The summed E-state index contributed by atoms with van der Waals surface area (Å²) < 4.78 is 5.14. The molecule has 3 heteroatoms. The Balaban J connectivity index is 1.69. The van der Waals surface area contributed by atoms with Crippen LogP contribution in [0.2, 0.25) is 5.02 Å². The standard InChI is InChI=1S/C14H16ClNO/c1-17-14-6-5-10(8-12(14)15)16-13-7-9-3-2-4-11(9)13/h2,4-6,8-9,11,13,16H,3,7H2,1H3. The molecule has 1 N–H and O–H groups in total. The van der Waals surface area contributed by atoms with Crippen LogP contribution in [-0.4, -0.2) is 13.2 Å². The molecule has 0 amide bonds. The molecule has 0 spiro atoms. The third-order valence-corrected chi connectivity index (χ3v) is 4.16. The number of anilines is 1. The van der Waals surface area contributed by atoms with Crippen molar-refractivity contribution in [2.24, 2.45) is 11.8 Å². The number of hydrogen-bond acceptors (Lipinski definition) is 2. The van der Waals surface area contributed by atoms with Crippen LogP contribution in [-0.2, 0) is 0 Å². The van der Waals surface area contributed by atoms with Crippen LogP contribution in [0.4, 0.5) is 5.69 Å². The summed E-state index contributed by atoms with van der Waals surface area (Å²) in [4.78, 5) is 0. The minimum atomic E-state index is 0.572. The van der Waals surface area contributed by atoms with Gasteiger partial charge in [0.05, 0.1) is 12.1 Å². The van der Waals surface area contributed by atoms with Gasteiger partial charge in [0.1, 0.15) is 5.75 Å². The van der Waals surface area contributed by atoms with E-state index in [4.69, 9.17) is 16.3 Å². The molecule has 3 rings (SSSR count). The Kier molecular flexibility index (Phi) is 2.75. The maximum Gasteiger partial charge on any atom is 0.137 e. The molecule has 0 radical (unpaired) electrons. The molecule has 3 unspecified atom stereocenters. The summed E-state index contributed by atoms with van der Waals surface area (Å²) >= 11 is 6.11. The van der Waals surface area contributed by atoms with Gasteiger partial charge in [-0.15, -0.1) is 0 Å². The van der Waals surface area contributed by atoms with E-state index < -0.39 is 0 Å². The second kappa shape index (κ2) is 4.26. The molecule has 0 bridgehead atoms. The lowest BCUT2D eigenvalue weighted by Gasteiger charge is -2.41. The summed E-state index contributed by atoms with van der Waals surface area (Å²) in [6.07, 6.45) is 7.17. The predicted octanol–water partition coefficient (Wildman–Crippen LogP) is 3.73. The van der Waals surface area contributed by atoms with Crippen molar-refractivity contribution in [1.29, 1.82) is 0 Å². The minimum Gasteiger partial charge on any atom is -0.495 e. The van der Waals surface area contributed by atoms with E-state index in [2.05, 4.69) is 17.5 Å². The zero-order valence-corrected chi connectivity index (χ0v) is 10.6. The van der Waals surface area contributed by atoms with E-state index in [0.29, 0.717) is 11.1 Å². The Morgan fingerprint density at radius 3 is 3.00 bits per heavy atom. The molecule has 90 valence electrons. The molecule has 1 saturated carbocycles. The molecule has 3 atom stereocenters. The normalized spacial score (nSPS) is 29.6. The maximum absolute atomic E-state index is 6.11. The summed E-state index contributed by atoms with van der Waals surface area (Å²) in [6.45, 7) is 0. The van der Waals surface area contributed by atoms with Crippen molar-refractivity contribution in [3.63, 3.8) is 0 Å². The van der Waals surface area contributed by atoms with Gasteiger partial charge in [0.2, 0.25) is 0 Å². The minimum absolute atomic E-state index is 0.572. The fourth-order valence-corrected chi connectivity index (χ4v) is 3.11. The van der Waals surface area contributed by atoms with Gasteiger partial charge in [-0.2, -0.15) is 0 Å². The van der Waals surface area contributed by atoms with Gasteiger partial charge < -0.3 is 10.1 Å². The number of rotatable bonds is 3. The van der Waals surface area contributed by atoms with E-state index in [-0.39, 0.29) is 0 Å². The van der Waals surface area contributed by atoms with Crippen LogP contribution in [0.25, 0.3) is 0 Å². The lowest BCUT2D eigenvalue weighted by molar-refractivity contribution is 0.218. The summed E-state index contributed by atoms with van der Waals surface area (Å²) in [6, 6.07) is 6.44. The van der Waals surface area contributed by atoms with Gasteiger partial charge in [-0.25, -0.2) is 0 Å². The number of methoxy groups -OCH3 is 1. The van der Waals surface area contributed by atoms with E-state index in [1.807, 2.05) is 18.2 Å². The van der Waals surface area contributed by atoms with E-state index in [1.165, 1.54) is 12.8 Å². The van der Waals surface area contributed by atoms with Crippen LogP contribution in [0.5, 0.6) is 5.75 Å². The van der Waals surface area contributed by atoms with Gasteiger partial charge in [-0.05, 0) is 37.0 Å². The summed E-state index contributed by atoms with van der Waals surface area (Å²) in [5, 5.41) is 4.21. The molecule has 1 aromatic rings. The van der Waals surface area contributed by atoms with Crippen LogP contribution in [0.3, 0.4) is 0 Å². The predicted molar refractivity (Wildman–Crippen MR) is 70.8 cm³/mol. The van der Waals surface area contributed by atoms with Crippen LogP contribution < -0.4 is 10.1 Å². The first-order chi connectivity index (χ1) is 8.28. The van der Waals surface area contributed by atoms with E-state index in [0.717, 1.165) is 23.3 Å². The quantitative estimate of drug-likeness (QED) is 0.825. The third-order valence-electron chi connectivity index (χ3n) is 3.87. The smallest absolute Gasteiger partial charge is 0.137 e. The zero-order valence-electron chi connectivity index (χ0n) is 9.82. The highest BCUT2D eigenvalue weighted by Crippen LogP contribution is 2.44. The first kappa shape index (κ1) is 11.0. The summed E-state index contributed by atoms with van der Waals surface area (Å²) in [5.74, 6) is 2.32. The molecule has 1 aromatic carbocycles. The lowest BCUT2D eigenvalue weighted by atomic mass is 9.71. The fraction of sp³-hybridized carbons (Fsp3) is 0.429.